The number of benzene rings is 1. The van der Waals surface area contributed by atoms with Gasteiger partial charge in [0.2, 0.25) is 11.9 Å². The molecule has 1 N–H and O–H groups in total. The number of pyridine rings is 1. The van der Waals surface area contributed by atoms with Gasteiger partial charge >= 0.3 is 0 Å². The van der Waals surface area contributed by atoms with E-state index in [4.69, 9.17) is 4.98 Å². The third-order valence-corrected chi connectivity index (χ3v) is 6.91. The third-order valence-electron chi connectivity index (χ3n) is 6.02. The molecular formula is C25H27N5OS. The zero-order valence-corrected chi connectivity index (χ0v) is 18.8. The van der Waals surface area contributed by atoms with Crippen LogP contribution in [0.15, 0.2) is 66.3 Å². The van der Waals surface area contributed by atoms with Gasteiger partial charge in [-0.15, -0.1) is 11.3 Å². The molecule has 1 fully saturated rings. The lowest BCUT2D eigenvalue weighted by Gasteiger charge is -2.32. The molecule has 0 saturated carbocycles. The summed E-state index contributed by atoms with van der Waals surface area (Å²) < 4.78 is 2.13. The molecule has 1 atom stereocenters. The van der Waals surface area contributed by atoms with Crippen molar-refractivity contribution in [3.63, 3.8) is 0 Å². The highest BCUT2D eigenvalue weighted by molar-refractivity contribution is 7.15. The number of likely N-dealkylation sites (tertiary alicyclic amines) is 1. The molecule has 1 aromatic carbocycles. The predicted octanol–water partition coefficient (Wildman–Crippen LogP) is 5.26. The number of aromatic nitrogens is 3. The average molecular weight is 446 g/mol. The van der Waals surface area contributed by atoms with Gasteiger partial charge in [-0.2, -0.15) is 0 Å². The number of anilines is 2. The number of para-hydroxylation sites is 1. The van der Waals surface area contributed by atoms with Gasteiger partial charge in [0.25, 0.3) is 0 Å². The van der Waals surface area contributed by atoms with Crippen molar-refractivity contribution in [2.75, 3.05) is 18.4 Å². The number of imidazole rings is 1. The van der Waals surface area contributed by atoms with Crippen LogP contribution in [0.2, 0.25) is 0 Å². The average Bonchev–Trinajstić information content (AvgIpc) is 3.44. The molecule has 7 heteroatoms. The summed E-state index contributed by atoms with van der Waals surface area (Å²) in [5.74, 6) is 1.35. The van der Waals surface area contributed by atoms with Gasteiger partial charge in [0.05, 0.1) is 5.69 Å². The Balaban J connectivity index is 1.26. The zero-order chi connectivity index (χ0) is 21.8. The number of nitrogens with zero attached hydrogens (tertiary/aromatic N) is 4. The molecule has 0 aliphatic carbocycles. The lowest BCUT2D eigenvalue weighted by molar-refractivity contribution is -0.132. The van der Waals surface area contributed by atoms with Crippen molar-refractivity contribution in [2.45, 2.75) is 38.0 Å². The Hall–Kier alpha value is -3.19. The van der Waals surface area contributed by atoms with Crippen LogP contribution >= 0.6 is 11.3 Å². The van der Waals surface area contributed by atoms with E-state index in [9.17, 15) is 4.79 Å². The van der Waals surface area contributed by atoms with E-state index >= 15 is 0 Å². The first-order valence-corrected chi connectivity index (χ1v) is 12.1. The summed E-state index contributed by atoms with van der Waals surface area (Å²) in [5.41, 5.74) is 3.17. The fourth-order valence-corrected chi connectivity index (χ4v) is 5.31. The van der Waals surface area contributed by atoms with E-state index in [1.165, 1.54) is 0 Å². The van der Waals surface area contributed by atoms with Crippen molar-refractivity contribution in [1.29, 1.82) is 0 Å². The molecular weight excluding hydrogens is 418 g/mol. The smallest absolute Gasteiger partial charge is 0.222 e. The first-order valence-electron chi connectivity index (χ1n) is 11.2. The Bertz CT molecular complexity index is 1170. The van der Waals surface area contributed by atoms with Gasteiger partial charge in [0, 0.05) is 54.6 Å². The van der Waals surface area contributed by atoms with Crippen LogP contribution in [0.4, 0.5) is 11.6 Å². The number of rotatable bonds is 7. The van der Waals surface area contributed by atoms with Crippen molar-refractivity contribution < 1.29 is 4.79 Å². The molecule has 3 aromatic heterocycles. The van der Waals surface area contributed by atoms with Crippen LogP contribution in [-0.4, -0.2) is 38.3 Å². The minimum absolute atomic E-state index is 0.245. The van der Waals surface area contributed by atoms with Gasteiger partial charge in [0.1, 0.15) is 4.83 Å². The summed E-state index contributed by atoms with van der Waals surface area (Å²) in [7, 11) is 0. The first-order chi connectivity index (χ1) is 15.8. The topological polar surface area (TPSA) is 62.5 Å². The van der Waals surface area contributed by atoms with Gasteiger partial charge in [0.15, 0.2) is 0 Å². The summed E-state index contributed by atoms with van der Waals surface area (Å²) in [5, 5.41) is 5.54. The number of amides is 1. The van der Waals surface area contributed by atoms with Gasteiger partial charge < -0.3 is 10.2 Å². The van der Waals surface area contributed by atoms with E-state index < -0.39 is 0 Å². The molecule has 4 aromatic rings. The number of carbonyl (C=O) groups is 1. The molecule has 1 amide bonds. The molecule has 6 nitrogen and oxygen atoms in total. The maximum Gasteiger partial charge on any atom is 0.222 e. The number of carbonyl (C=O) groups excluding carboxylic acids is 1. The molecule has 0 radical (unpaired) electrons. The van der Waals surface area contributed by atoms with Gasteiger partial charge in [-0.1, -0.05) is 24.3 Å². The summed E-state index contributed by atoms with van der Waals surface area (Å²) in [6.07, 6.45) is 8.20. The summed E-state index contributed by atoms with van der Waals surface area (Å²) in [6.45, 7) is 1.59. The maximum atomic E-state index is 12.9. The Labute approximate surface area is 191 Å². The SMILES string of the molecule is O=C(CCCc1ccccn1)N1CCC[C@@H](c2nc(Nc3ccccc3)n3ccsc23)C1. The van der Waals surface area contributed by atoms with Gasteiger partial charge in [-0.25, -0.2) is 4.98 Å². The standard InChI is InChI=1S/C25H27N5OS/c31-22(13-6-12-20-9-4-5-14-26-20)29-15-7-8-19(18-29)23-24-30(16-17-32-24)25(28-23)27-21-10-2-1-3-11-21/h1-5,9-11,14,16-17,19H,6-8,12-13,15,18H2,(H,27,28)/t19-/m1/s1. The lowest BCUT2D eigenvalue weighted by atomic mass is 9.95. The number of hydrogen-bond donors (Lipinski definition) is 1. The van der Waals surface area contributed by atoms with Crippen molar-refractivity contribution in [3.8, 4) is 0 Å². The highest BCUT2D eigenvalue weighted by Crippen LogP contribution is 2.34. The minimum atomic E-state index is 0.245. The highest BCUT2D eigenvalue weighted by atomic mass is 32.1. The van der Waals surface area contributed by atoms with E-state index in [0.29, 0.717) is 6.42 Å². The molecule has 1 aliphatic rings. The first kappa shape index (κ1) is 20.7. The zero-order valence-electron chi connectivity index (χ0n) is 18.0. The molecule has 1 saturated heterocycles. The Morgan fingerprint density at radius 3 is 2.88 bits per heavy atom. The number of thiazole rings is 1. The van der Waals surface area contributed by atoms with Crippen molar-refractivity contribution in [3.05, 3.63) is 77.7 Å². The molecule has 32 heavy (non-hydrogen) atoms. The summed E-state index contributed by atoms with van der Waals surface area (Å²) in [4.78, 5) is 25.4. The highest BCUT2D eigenvalue weighted by Gasteiger charge is 2.28. The molecule has 0 unspecified atom stereocenters. The molecule has 164 valence electrons. The normalized spacial score (nSPS) is 16.4. The van der Waals surface area contributed by atoms with Crippen molar-refractivity contribution in [2.24, 2.45) is 0 Å². The fraction of sp³-hybridized carbons (Fsp3) is 0.320. The number of aryl methyl sites for hydroxylation is 1. The summed E-state index contributed by atoms with van der Waals surface area (Å²) >= 11 is 1.71. The van der Waals surface area contributed by atoms with Crippen LogP contribution in [0.1, 0.15) is 43.0 Å². The predicted molar refractivity (Wildman–Crippen MR) is 129 cm³/mol. The Morgan fingerprint density at radius 1 is 1.16 bits per heavy atom. The van der Waals surface area contributed by atoms with E-state index in [2.05, 4.69) is 26.3 Å². The van der Waals surface area contributed by atoms with Gasteiger partial charge in [-0.3, -0.25) is 14.2 Å². The summed E-state index contributed by atoms with van der Waals surface area (Å²) in [6, 6.07) is 16.1. The number of nitrogens with one attached hydrogen (secondary N) is 1. The van der Waals surface area contributed by atoms with Crippen molar-refractivity contribution in [1.82, 2.24) is 19.3 Å². The molecule has 5 rings (SSSR count). The number of fused-ring (bicyclic) bond motifs is 1. The quantitative estimate of drug-likeness (QED) is 0.421. The van der Waals surface area contributed by atoms with E-state index in [-0.39, 0.29) is 11.8 Å². The van der Waals surface area contributed by atoms with Crippen LogP contribution in [0.25, 0.3) is 4.83 Å². The largest absolute Gasteiger partial charge is 0.342 e. The van der Waals surface area contributed by atoms with Crippen LogP contribution < -0.4 is 5.32 Å². The van der Waals surface area contributed by atoms with E-state index in [1.807, 2.05) is 59.6 Å². The minimum Gasteiger partial charge on any atom is -0.342 e. The Morgan fingerprint density at radius 2 is 2.03 bits per heavy atom. The second-order valence-corrected chi connectivity index (χ2v) is 9.14. The molecule has 4 heterocycles. The second kappa shape index (κ2) is 9.53. The van der Waals surface area contributed by atoms with Crippen LogP contribution in [-0.2, 0) is 11.2 Å². The van der Waals surface area contributed by atoms with E-state index in [1.54, 1.807) is 11.3 Å². The number of piperidine rings is 1. The van der Waals surface area contributed by atoms with Crippen molar-refractivity contribution >= 4 is 33.7 Å². The van der Waals surface area contributed by atoms with E-state index in [0.717, 1.165) is 66.6 Å². The second-order valence-electron chi connectivity index (χ2n) is 8.24. The lowest BCUT2D eigenvalue weighted by Crippen LogP contribution is -2.39. The molecule has 1 aliphatic heterocycles. The molecule has 0 bridgehead atoms. The Kier molecular flexibility index (Phi) is 6.16. The molecule has 0 spiro atoms. The fourth-order valence-electron chi connectivity index (χ4n) is 4.40. The third kappa shape index (κ3) is 4.53. The number of hydrogen-bond acceptors (Lipinski definition) is 5. The van der Waals surface area contributed by atoms with Crippen LogP contribution in [0.3, 0.4) is 0 Å². The monoisotopic (exact) mass is 445 g/mol. The maximum absolute atomic E-state index is 12.9. The van der Waals surface area contributed by atoms with Gasteiger partial charge in [-0.05, 0) is 49.9 Å². The van der Waals surface area contributed by atoms with Crippen LogP contribution in [0, 0.1) is 0 Å². The van der Waals surface area contributed by atoms with Crippen LogP contribution in [0.5, 0.6) is 0 Å².